The Balaban J connectivity index is 2.15. The molecule has 0 aliphatic heterocycles. The van der Waals surface area contributed by atoms with Gasteiger partial charge in [0.2, 0.25) is 0 Å². The molecule has 0 heterocycles. The van der Waals surface area contributed by atoms with E-state index in [2.05, 4.69) is 6.08 Å². The number of rotatable bonds is 0. The van der Waals surface area contributed by atoms with E-state index in [9.17, 15) is 4.79 Å². The van der Waals surface area contributed by atoms with E-state index in [-0.39, 0.29) is 0 Å². The van der Waals surface area contributed by atoms with Crippen LogP contribution in [0.5, 0.6) is 0 Å². The third-order valence-corrected chi connectivity index (χ3v) is 3.07. The molecular formula is C10H14O. The number of hydrogen-bond donors (Lipinski definition) is 0. The van der Waals surface area contributed by atoms with Gasteiger partial charge in [-0.1, -0.05) is 18.9 Å². The summed E-state index contributed by atoms with van der Waals surface area (Å²) in [7, 11) is 0. The Morgan fingerprint density at radius 1 is 1.27 bits per heavy atom. The van der Waals surface area contributed by atoms with Crippen LogP contribution in [0.25, 0.3) is 0 Å². The molecule has 0 amide bonds. The Morgan fingerprint density at radius 3 is 2.64 bits per heavy atom. The Bertz CT molecular complexity index is 197. The maximum atomic E-state index is 11.1. The first-order valence-electron chi connectivity index (χ1n) is 4.50. The van der Waals surface area contributed by atoms with Crippen LogP contribution in [-0.4, -0.2) is 5.78 Å². The smallest absolute Gasteiger partial charge is 0.155 e. The molecule has 2 aliphatic carbocycles. The van der Waals surface area contributed by atoms with E-state index in [0.29, 0.717) is 11.2 Å². The van der Waals surface area contributed by atoms with Gasteiger partial charge in [0.05, 0.1) is 0 Å². The first-order valence-corrected chi connectivity index (χ1v) is 4.50. The molecule has 0 aromatic rings. The van der Waals surface area contributed by atoms with Crippen LogP contribution in [0.4, 0.5) is 0 Å². The second-order valence-electron chi connectivity index (χ2n) is 3.96. The summed E-state index contributed by atoms with van der Waals surface area (Å²) >= 11 is 0. The predicted octanol–water partition coefficient (Wildman–Crippen LogP) is 2.47. The molecule has 0 aromatic heterocycles. The van der Waals surface area contributed by atoms with Crippen LogP contribution in [-0.2, 0) is 4.79 Å². The summed E-state index contributed by atoms with van der Waals surface area (Å²) in [6.07, 6.45) is 11.0. The molecule has 0 aromatic carbocycles. The lowest BCUT2D eigenvalue weighted by Gasteiger charge is -2.28. The highest BCUT2D eigenvalue weighted by Gasteiger charge is 2.35. The van der Waals surface area contributed by atoms with E-state index in [1.165, 1.54) is 25.7 Å². The molecule has 11 heavy (non-hydrogen) atoms. The largest absolute Gasteiger partial charge is 0.295 e. The van der Waals surface area contributed by atoms with Gasteiger partial charge < -0.3 is 0 Å². The van der Waals surface area contributed by atoms with E-state index in [1.54, 1.807) is 6.08 Å². The molecule has 0 saturated heterocycles. The normalized spacial score (nSPS) is 28.2. The SMILES string of the molecule is O=C1C=CCC2(CCCC2)C1. The van der Waals surface area contributed by atoms with Crippen molar-refractivity contribution in [1.29, 1.82) is 0 Å². The first-order chi connectivity index (χ1) is 5.31. The van der Waals surface area contributed by atoms with E-state index < -0.39 is 0 Å². The molecule has 0 atom stereocenters. The maximum Gasteiger partial charge on any atom is 0.155 e. The van der Waals surface area contributed by atoms with E-state index >= 15 is 0 Å². The van der Waals surface area contributed by atoms with Crippen molar-refractivity contribution in [1.82, 2.24) is 0 Å². The second-order valence-corrected chi connectivity index (χ2v) is 3.96. The fourth-order valence-corrected chi connectivity index (χ4v) is 2.45. The van der Waals surface area contributed by atoms with Crippen molar-refractivity contribution in [3.63, 3.8) is 0 Å². The molecule has 1 fully saturated rings. The topological polar surface area (TPSA) is 17.1 Å². The molecule has 0 N–H and O–H groups in total. The highest BCUT2D eigenvalue weighted by Crippen LogP contribution is 2.45. The van der Waals surface area contributed by atoms with Crippen LogP contribution in [0.2, 0.25) is 0 Å². The molecule has 1 saturated carbocycles. The molecule has 60 valence electrons. The van der Waals surface area contributed by atoms with Gasteiger partial charge in [0.1, 0.15) is 0 Å². The van der Waals surface area contributed by atoms with E-state index in [1.807, 2.05) is 0 Å². The fraction of sp³-hybridized carbons (Fsp3) is 0.700. The molecule has 0 bridgehead atoms. The summed E-state index contributed by atoms with van der Waals surface area (Å²) in [5, 5.41) is 0. The van der Waals surface area contributed by atoms with Crippen molar-refractivity contribution >= 4 is 5.78 Å². The zero-order valence-corrected chi connectivity index (χ0v) is 6.81. The van der Waals surface area contributed by atoms with E-state index in [4.69, 9.17) is 0 Å². The van der Waals surface area contributed by atoms with Crippen molar-refractivity contribution in [3.05, 3.63) is 12.2 Å². The summed E-state index contributed by atoms with van der Waals surface area (Å²) < 4.78 is 0. The Hall–Kier alpha value is -0.590. The van der Waals surface area contributed by atoms with Crippen LogP contribution in [0.15, 0.2) is 12.2 Å². The van der Waals surface area contributed by atoms with Gasteiger partial charge >= 0.3 is 0 Å². The van der Waals surface area contributed by atoms with Gasteiger partial charge in [-0.15, -0.1) is 0 Å². The molecule has 0 radical (unpaired) electrons. The lowest BCUT2D eigenvalue weighted by molar-refractivity contribution is -0.117. The third-order valence-electron chi connectivity index (χ3n) is 3.07. The zero-order chi connectivity index (χ0) is 7.73. The van der Waals surface area contributed by atoms with Gasteiger partial charge in [0.15, 0.2) is 5.78 Å². The van der Waals surface area contributed by atoms with Gasteiger partial charge in [-0.2, -0.15) is 0 Å². The average molecular weight is 150 g/mol. The van der Waals surface area contributed by atoms with Crippen LogP contribution in [0.3, 0.4) is 0 Å². The zero-order valence-electron chi connectivity index (χ0n) is 6.81. The second kappa shape index (κ2) is 2.47. The number of allylic oxidation sites excluding steroid dienone is 2. The number of ketones is 1. The lowest BCUT2D eigenvalue weighted by atomic mass is 9.75. The highest BCUT2D eigenvalue weighted by atomic mass is 16.1. The van der Waals surface area contributed by atoms with Gasteiger partial charge in [-0.3, -0.25) is 4.79 Å². The monoisotopic (exact) mass is 150 g/mol. The minimum absolute atomic E-state index is 0.346. The van der Waals surface area contributed by atoms with Crippen LogP contribution >= 0.6 is 0 Å². The minimum atomic E-state index is 0.346. The van der Waals surface area contributed by atoms with Crippen molar-refractivity contribution in [2.45, 2.75) is 38.5 Å². The van der Waals surface area contributed by atoms with Crippen LogP contribution in [0, 0.1) is 5.41 Å². The van der Waals surface area contributed by atoms with Crippen molar-refractivity contribution in [2.24, 2.45) is 5.41 Å². The maximum absolute atomic E-state index is 11.1. The summed E-state index contributed by atoms with van der Waals surface area (Å²) in [4.78, 5) is 11.1. The Morgan fingerprint density at radius 2 is 2.00 bits per heavy atom. The lowest BCUT2D eigenvalue weighted by Crippen LogP contribution is -2.22. The molecular weight excluding hydrogens is 136 g/mol. The molecule has 2 aliphatic rings. The van der Waals surface area contributed by atoms with Gasteiger partial charge in [0, 0.05) is 6.42 Å². The van der Waals surface area contributed by atoms with Crippen molar-refractivity contribution in [3.8, 4) is 0 Å². The first kappa shape index (κ1) is 7.08. The minimum Gasteiger partial charge on any atom is -0.295 e. The van der Waals surface area contributed by atoms with Crippen molar-refractivity contribution < 1.29 is 4.79 Å². The Labute approximate surface area is 67.5 Å². The number of carbonyl (C=O) groups is 1. The summed E-state index contributed by atoms with van der Waals surface area (Å²) in [6, 6.07) is 0. The van der Waals surface area contributed by atoms with Gasteiger partial charge in [-0.05, 0) is 30.8 Å². The standard InChI is InChI=1S/C10H14O/c11-9-4-3-7-10(8-9)5-1-2-6-10/h3-4H,1-2,5-8H2. The van der Waals surface area contributed by atoms with Crippen LogP contribution in [0.1, 0.15) is 38.5 Å². The average Bonchev–Trinajstić information content (AvgIpc) is 2.37. The highest BCUT2D eigenvalue weighted by molar-refractivity contribution is 5.91. The summed E-state index contributed by atoms with van der Waals surface area (Å²) in [5.74, 6) is 0.346. The van der Waals surface area contributed by atoms with Crippen LogP contribution < -0.4 is 0 Å². The molecule has 1 nitrogen and oxygen atoms in total. The summed E-state index contributed by atoms with van der Waals surface area (Å²) in [6.45, 7) is 0. The predicted molar refractivity (Wildman–Crippen MR) is 44.3 cm³/mol. The Kier molecular flexibility index (Phi) is 1.59. The number of carbonyl (C=O) groups excluding carboxylic acids is 1. The molecule has 1 heteroatoms. The fourth-order valence-electron chi connectivity index (χ4n) is 2.45. The molecule has 2 rings (SSSR count). The quantitative estimate of drug-likeness (QED) is 0.518. The van der Waals surface area contributed by atoms with E-state index in [0.717, 1.165) is 12.8 Å². The molecule has 1 spiro atoms. The summed E-state index contributed by atoms with van der Waals surface area (Å²) in [5.41, 5.74) is 0.409. The molecule has 0 unspecified atom stereocenters. The number of hydrogen-bond acceptors (Lipinski definition) is 1. The van der Waals surface area contributed by atoms with Gasteiger partial charge in [-0.25, -0.2) is 0 Å². The van der Waals surface area contributed by atoms with Crippen molar-refractivity contribution in [2.75, 3.05) is 0 Å². The third kappa shape index (κ3) is 1.24. The van der Waals surface area contributed by atoms with Gasteiger partial charge in [0.25, 0.3) is 0 Å².